The predicted molar refractivity (Wildman–Crippen MR) is 83.8 cm³/mol. The average molecular weight is 304 g/mol. The lowest BCUT2D eigenvalue weighted by Gasteiger charge is -2.14. The number of hydrogen-bond acceptors (Lipinski definition) is 3. The fraction of sp³-hybridized carbons (Fsp3) is 0.294. The highest BCUT2D eigenvalue weighted by molar-refractivity contribution is 6.30. The molecule has 0 bridgehead atoms. The summed E-state index contributed by atoms with van der Waals surface area (Å²) < 4.78 is 5.98. The Bertz CT molecular complexity index is 626. The van der Waals surface area contributed by atoms with E-state index in [2.05, 4.69) is 5.32 Å². The maximum Gasteiger partial charge on any atom is 0.132 e. The highest BCUT2D eigenvalue weighted by Gasteiger charge is 2.21. The van der Waals surface area contributed by atoms with Crippen molar-refractivity contribution in [1.29, 1.82) is 0 Å². The Morgan fingerprint density at radius 1 is 1.10 bits per heavy atom. The quantitative estimate of drug-likeness (QED) is 0.851. The van der Waals surface area contributed by atoms with Gasteiger partial charge < -0.3 is 15.2 Å². The molecule has 3 nitrogen and oxygen atoms in total. The Morgan fingerprint density at radius 2 is 1.86 bits per heavy atom. The van der Waals surface area contributed by atoms with Crippen molar-refractivity contribution in [3.05, 3.63) is 58.6 Å². The van der Waals surface area contributed by atoms with Crippen LogP contribution in [-0.4, -0.2) is 11.1 Å². The summed E-state index contributed by atoms with van der Waals surface area (Å²) in [5, 5.41) is 13.5. The van der Waals surface area contributed by atoms with Crippen LogP contribution >= 0.6 is 11.6 Å². The zero-order valence-corrected chi connectivity index (χ0v) is 12.4. The molecule has 1 fully saturated rings. The Balaban J connectivity index is 1.82. The van der Waals surface area contributed by atoms with E-state index >= 15 is 0 Å². The van der Waals surface area contributed by atoms with Gasteiger partial charge in [0, 0.05) is 28.7 Å². The van der Waals surface area contributed by atoms with Gasteiger partial charge in [-0.3, -0.25) is 0 Å². The van der Waals surface area contributed by atoms with Crippen LogP contribution in [0.25, 0.3) is 0 Å². The molecule has 21 heavy (non-hydrogen) atoms. The van der Waals surface area contributed by atoms with Gasteiger partial charge >= 0.3 is 0 Å². The summed E-state index contributed by atoms with van der Waals surface area (Å²) in [5.41, 5.74) is 1.80. The van der Waals surface area contributed by atoms with Crippen molar-refractivity contribution < 1.29 is 9.84 Å². The van der Waals surface area contributed by atoms with Gasteiger partial charge in [0.15, 0.2) is 0 Å². The summed E-state index contributed by atoms with van der Waals surface area (Å²) >= 11 is 6.09. The van der Waals surface area contributed by atoms with Gasteiger partial charge in [-0.2, -0.15) is 0 Å². The SMILES string of the molecule is OCc1ccccc1Oc1ccc(Cl)cc1CNC1CC1. The fourth-order valence-electron chi connectivity index (χ4n) is 2.18. The first-order valence-corrected chi connectivity index (χ1v) is 7.52. The van der Waals surface area contributed by atoms with Crippen LogP contribution in [0.3, 0.4) is 0 Å². The number of benzene rings is 2. The second kappa shape index (κ2) is 6.48. The van der Waals surface area contributed by atoms with E-state index < -0.39 is 0 Å². The summed E-state index contributed by atoms with van der Waals surface area (Å²) in [5.74, 6) is 1.45. The van der Waals surface area contributed by atoms with E-state index in [9.17, 15) is 5.11 Å². The number of ether oxygens (including phenoxy) is 1. The van der Waals surface area contributed by atoms with E-state index in [4.69, 9.17) is 16.3 Å². The first-order valence-electron chi connectivity index (χ1n) is 7.14. The molecule has 1 aliphatic carbocycles. The predicted octanol–water partition coefficient (Wildman–Crippen LogP) is 3.88. The molecule has 2 aromatic rings. The molecule has 2 N–H and O–H groups in total. The third kappa shape index (κ3) is 3.76. The van der Waals surface area contributed by atoms with E-state index in [1.165, 1.54) is 12.8 Å². The largest absolute Gasteiger partial charge is 0.457 e. The monoisotopic (exact) mass is 303 g/mol. The van der Waals surface area contributed by atoms with E-state index in [0.29, 0.717) is 16.8 Å². The van der Waals surface area contributed by atoms with Gasteiger partial charge in [-0.25, -0.2) is 0 Å². The molecule has 0 atom stereocenters. The second-order valence-electron chi connectivity index (χ2n) is 5.28. The van der Waals surface area contributed by atoms with E-state index in [1.54, 1.807) is 0 Å². The zero-order valence-electron chi connectivity index (χ0n) is 11.7. The lowest BCUT2D eigenvalue weighted by atomic mass is 10.2. The van der Waals surface area contributed by atoms with E-state index in [1.807, 2.05) is 42.5 Å². The normalized spacial score (nSPS) is 14.2. The van der Waals surface area contributed by atoms with Crippen molar-refractivity contribution in [1.82, 2.24) is 5.32 Å². The van der Waals surface area contributed by atoms with Crippen LogP contribution in [0.5, 0.6) is 11.5 Å². The van der Waals surface area contributed by atoms with Gasteiger partial charge in [-0.05, 0) is 37.1 Å². The molecule has 0 aromatic heterocycles. The topological polar surface area (TPSA) is 41.5 Å². The van der Waals surface area contributed by atoms with Gasteiger partial charge in [-0.15, -0.1) is 0 Å². The summed E-state index contributed by atoms with van der Waals surface area (Å²) in [6, 6.07) is 13.7. The first-order chi connectivity index (χ1) is 10.3. The highest BCUT2D eigenvalue weighted by atomic mass is 35.5. The Hall–Kier alpha value is -1.55. The summed E-state index contributed by atoms with van der Waals surface area (Å²) in [4.78, 5) is 0. The summed E-state index contributed by atoms with van der Waals surface area (Å²) in [7, 11) is 0. The van der Waals surface area contributed by atoms with Crippen molar-refractivity contribution in [2.24, 2.45) is 0 Å². The molecule has 3 rings (SSSR count). The van der Waals surface area contributed by atoms with Crippen LogP contribution in [0.4, 0.5) is 0 Å². The molecule has 0 saturated heterocycles. The second-order valence-corrected chi connectivity index (χ2v) is 5.71. The number of rotatable bonds is 6. The number of aliphatic hydroxyl groups is 1. The first kappa shape index (κ1) is 14.4. The molecule has 0 amide bonds. The van der Waals surface area contributed by atoms with Crippen molar-refractivity contribution >= 4 is 11.6 Å². The number of hydrogen-bond donors (Lipinski definition) is 2. The molecule has 1 saturated carbocycles. The van der Waals surface area contributed by atoms with Crippen molar-refractivity contribution in [2.45, 2.75) is 32.0 Å². The molecule has 0 aliphatic heterocycles. The number of nitrogens with one attached hydrogen (secondary N) is 1. The lowest BCUT2D eigenvalue weighted by molar-refractivity contribution is 0.276. The van der Waals surface area contributed by atoms with Crippen LogP contribution in [0, 0.1) is 0 Å². The van der Waals surface area contributed by atoms with Crippen LogP contribution in [0.15, 0.2) is 42.5 Å². The minimum absolute atomic E-state index is 0.0422. The van der Waals surface area contributed by atoms with Crippen LogP contribution < -0.4 is 10.1 Å². The Kier molecular flexibility index (Phi) is 4.44. The molecule has 0 radical (unpaired) electrons. The van der Waals surface area contributed by atoms with Crippen molar-refractivity contribution in [3.8, 4) is 11.5 Å². The number of aliphatic hydroxyl groups excluding tert-OH is 1. The Labute approximate surface area is 129 Å². The molecule has 4 heteroatoms. The van der Waals surface area contributed by atoms with E-state index in [-0.39, 0.29) is 6.61 Å². The summed E-state index contributed by atoms with van der Waals surface area (Å²) in [6.07, 6.45) is 2.48. The maximum absolute atomic E-state index is 9.38. The molecular weight excluding hydrogens is 286 g/mol. The van der Waals surface area contributed by atoms with E-state index in [0.717, 1.165) is 23.4 Å². The maximum atomic E-state index is 9.38. The molecule has 2 aromatic carbocycles. The third-order valence-corrected chi connectivity index (χ3v) is 3.78. The van der Waals surface area contributed by atoms with Gasteiger partial charge in [0.2, 0.25) is 0 Å². The smallest absolute Gasteiger partial charge is 0.132 e. The molecule has 0 heterocycles. The lowest BCUT2D eigenvalue weighted by Crippen LogP contribution is -2.15. The number of halogens is 1. The number of para-hydroxylation sites is 1. The van der Waals surface area contributed by atoms with Crippen LogP contribution in [0.1, 0.15) is 24.0 Å². The standard InChI is InChI=1S/C17H18ClNO2/c18-14-5-8-17(13(9-14)10-19-15-6-7-15)21-16-4-2-1-3-12(16)11-20/h1-5,8-9,15,19-20H,6-7,10-11H2. The van der Waals surface area contributed by atoms with Crippen LogP contribution in [-0.2, 0) is 13.2 Å². The third-order valence-electron chi connectivity index (χ3n) is 3.54. The molecule has 0 unspecified atom stereocenters. The fourth-order valence-corrected chi connectivity index (χ4v) is 2.37. The minimum Gasteiger partial charge on any atom is -0.457 e. The van der Waals surface area contributed by atoms with Gasteiger partial charge in [0.1, 0.15) is 11.5 Å². The minimum atomic E-state index is -0.0422. The Morgan fingerprint density at radius 3 is 2.62 bits per heavy atom. The molecule has 0 spiro atoms. The highest BCUT2D eigenvalue weighted by Crippen LogP contribution is 2.31. The van der Waals surface area contributed by atoms with Gasteiger partial charge in [0.05, 0.1) is 6.61 Å². The van der Waals surface area contributed by atoms with Gasteiger partial charge in [-0.1, -0.05) is 29.8 Å². The molecule has 110 valence electrons. The average Bonchev–Trinajstić information content (AvgIpc) is 3.32. The van der Waals surface area contributed by atoms with Crippen LogP contribution in [0.2, 0.25) is 5.02 Å². The van der Waals surface area contributed by atoms with Crippen molar-refractivity contribution in [2.75, 3.05) is 0 Å². The summed E-state index contributed by atoms with van der Waals surface area (Å²) in [6.45, 7) is 0.696. The molecule has 1 aliphatic rings. The van der Waals surface area contributed by atoms with Gasteiger partial charge in [0.25, 0.3) is 0 Å². The zero-order chi connectivity index (χ0) is 14.7. The molecular formula is C17H18ClNO2. The van der Waals surface area contributed by atoms with Crippen molar-refractivity contribution in [3.63, 3.8) is 0 Å².